The van der Waals surface area contributed by atoms with Gasteiger partial charge >= 0.3 is 0 Å². The van der Waals surface area contributed by atoms with Gasteiger partial charge in [0.1, 0.15) is 5.82 Å². The van der Waals surface area contributed by atoms with Crippen molar-refractivity contribution < 1.29 is 9.59 Å². The number of aromatic nitrogens is 1. The van der Waals surface area contributed by atoms with Crippen LogP contribution in [0.1, 0.15) is 17.3 Å². The summed E-state index contributed by atoms with van der Waals surface area (Å²) in [5.74, 6) is 0.379. The molecule has 0 aliphatic carbocycles. The molecule has 126 valence electrons. The summed E-state index contributed by atoms with van der Waals surface area (Å²) in [7, 11) is 1.77. The SMILES string of the molecule is CN1C(=O)C[C@@H](C(=O)NCCNc2ccccn2)[C@H]1c1cccs1. The molecule has 2 atom stereocenters. The fourth-order valence-electron chi connectivity index (χ4n) is 2.93. The highest BCUT2D eigenvalue weighted by molar-refractivity contribution is 7.10. The number of thiophene rings is 1. The molecule has 2 aromatic heterocycles. The molecule has 6 nitrogen and oxygen atoms in total. The summed E-state index contributed by atoms with van der Waals surface area (Å²) in [6.07, 6.45) is 1.98. The van der Waals surface area contributed by atoms with Crippen LogP contribution in [0.2, 0.25) is 0 Å². The average Bonchev–Trinajstić information content (AvgIpc) is 3.21. The number of likely N-dealkylation sites (tertiary alicyclic amines) is 1. The normalized spacial score (nSPS) is 20.2. The Morgan fingerprint density at radius 3 is 2.92 bits per heavy atom. The van der Waals surface area contributed by atoms with E-state index in [0.717, 1.165) is 10.7 Å². The van der Waals surface area contributed by atoms with Crippen molar-refractivity contribution in [3.63, 3.8) is 0 Å². The van der Waals surface area contributed by atoms with E-state index in [1.165, 1.54) is 0 Å². The summed E-state index contributed by atoms with van der Waals surface area (Å²) in [6, 6.07) is 9.39. The molecule has 1 saturated heterocycles. The highest BCUT2D eigenvalue weighted by Gasteiger charge is 2.42. The molecule has 1 aliphatic rings. The molecule has 24 heavy (non-hydrogen) atoms. The number of rotatable bonds is 6. The summed E-state index contributed by atoms with van der Waals surface area (Å²) in [5.41, 5.74) is 0. The second-order valence-corrected chi connectivity index (χ2v) is 6.69. The number of amides is 2. The third-order valence-corrected chi connectivity index (χ3v) is 5.10. The van der Waals surface area contributed by atoms with Crippen molar-refractivity contribution in [3.05, 3.63) is 46.8 Å². The van der Waals surface area contributed by atoms with Gasteiger partial charge in [-0.15, -0.1) is 11.3 Å². The minimum atomic E-state index is -0.337. The number of hydrogen-bond acceptors (Lipinski definition) is 5. The van der Waals surface area contributed by atoms with Gasteiger partial charge in [-0.1, -0.05) is 12.1 Å². The summed E-state index contributed by atoms with van der Waals surface area (Å²) < 4.78 is 0. The zero-order valence-electron chi connectivity index (χ0n) is 13.4. The van der Waals surface area contributed by atoms with Gasteiger partial charge in [-0.3, -0.25) is 9.59 Å². The molecule has 0 bridgehead atoms. The lowest BCUT2D eigenvalue weighted by atomic mass is 9.98. The predicted molar refractivity (Wildman–Crippen MR) is 93.7 cm³/mol. The van der Waals surface area contributed by atoms with E-state index in [9.17, 15) is 9.59 Å². The van der Waals surface area contributed by atoms with E-state index in [4.69, 9.17) is 0 Å². The maximum absolute atomic E-state index is 12.5. The molecule has 1 aliphatic heterocycles. The number of nitrogens with one attached hydrogen (secondary N) is 2. The summed E-state index contributed by atoms with van der Waals surface area (Å²) >= 11 is 1.58. The minimum absolute atomic E-state index is 0.0140. The van der Waals surface area contributed by atoms with Crippen LogP contribution in [-0.4, -0.2) is 41.8 Å². The van der Waals surface area contributed by atoms with Gasteiger partial charge in [-0.05, 0) is 23.6 Å². The Morgan fingerprint density at radius 2 is 2.21 bits per heavy atom. The standard InChI is InChI=1S/C17H20N4O2S/c1-21-15(22)11-12(16(21)13-5-4-10-24-13)17(23)20-9-8-19-14-6-2-3-7-18-14/h2-7,10,12,16H,8-9,11H2,1H3,(H,18,19)(H,20,23)/t12-,16+/m1/s1. The first-order valence-corrected chi connectivity index (χ1v) is 8.76. The Bertz CT molecular complexity index is 690. The number of carbonyl (C=O) groups excluding carboxylic acids is 2. The van der Waals surface area contributed by atoms with Gasteiger partial charge < -0.3 is 15.5 Å². The van der Waals surface area contributed by atoms with Crippen LogP contribution in [-0.2, 0) is 9.59 Å². The minimum Gasteiger partial charge on any atom is -0.368 e. The number of hydrogen-bond donors (Lipinski definition) is 2. The second kappa shape index (κ2) is 7.44. The monoisotopic (exact) mass is 344 g/mol. The maximum atomic E-state index is 12.5. The summed E-state index contributed by atoms with van der Waals surface area (Å²) in [4.78, 5) is 31.5. The second-order valence-electron chi connectivity index (χ2n) is 5.71. The highest BCUT2D eigenvalue weighted by Crippen LogP contribution is 2.38. The molecule has 0 spiro atoms. The molecule has 2 N–H and O–H groups in total. The predicted octanol–water partition coefficient (Wildman–Crippen LogP) is 1.89. The first-order chi connectivity index (χ1) is 11.7. The Kier molecular flexibility index (Phi) is 5.10. The quantitative estimate of drug-likeness (QED) is 0.785. The Balaban J connectivity index is 1.54. The van der Waals surface area contributed by atoms with E-state index in [1.54, 1.807) is 29.5 Å². The van der Waals surface area contributed by atoms with Crippen LogP contribution in [0.4, 0.5) is 5.82 Å². The van der Waals surface area contributed by atoms with Gasteiger partial charge in [0.25, 0.3) is 0 Å². The van der Waals surface area contributed by atoms with Gasteiger partial charge in [0.15, 0.2) is 0 Å². The third-order valence-electron chi connectivity index (χ3n) is 4.15. The van der Waals surface area contributed by atoms with Crippen molar-refractivity contribution in [2.75, 3.05) is 25.5 Å². The first-order valence-electron chi connectivity index (χ1n) is 7.88. The summed E-state index contributed by atoms with van der Waals surface area (Å²) in [5, 5.41) is 8.04. The molecule has 7 heteroatoms. The van der Waals surface area contributed by atoms with Crippen LogP contribution in [0.25, 0.3) is 0 Å². The van der Waals surface area contributed by atoms with E-state index in [1.807, 2.05) is 35.7 Å². The van der Waals surface area contributed by atoms with Crippen LogP contribution in [0.5, 0.6) is 0 Å². The van der Waals surface area contributed by atoms with Gasteiger partial charge in [0.2, 0.25) is 11.8 Å². The molecule has 0 saturated carbocycles. The zero-order valence-corrected chi connectivity index (χ0v) is 14.3. The van der Waals surface area contributed by atoms with Crippen molar-refractivity contribution >= 4 is 29.0 Å². The molecule has 0 radical (unpaired) electrons. The van der Waals surface area contributed by atoms with Gasteiger partial charge in [-0.25, -0.2) is 4.98 Å². The average molecular weight is 344 g/mol. The Hall–Kier alpha value is -2.41. The van der Waals surface area contributed by atoms with Crippen molar-refractivity contribution in [3.8, 4) is 0 Å². The van der Waals surface area contributed by atoms with E-state index in [-0.39, 0.29) is 30.2 Å². The summed E-state index contributed by atoms with van der Waals surface area (Å²) in [6.45, 7) is 1.07. The molecule has 1 fully saturated rings. The fourth-order valence-corrected chi connectivity index (χ4v) is 3.86. The first kappa shape index (κ1) is 16.4. The highest BCUT2D eigenvalue weighted by atomic mass is 32.1. The third kappa shape index (κ3) is 3.56. The molecular weight excluding hydrogens is 324 g/mol. The number of nitrogens with zero attached hydrogens (tertiary/aromatic N) is 2. The molecule has 3 heterocycles. The van der Waals surface area contributed by atoms with Crippen LogP contribution < -0.4 is 10.6 Å². The van der Waals surface area contributed by atoms with E-state index in [2.05, 4.69) is 15.6 Å². The van der Waals surface area contributed by atoms with Gasteiger partial charge in [0, 0.05) is 37.6 Å². The van der Waals surface area contributed by atoms with Crippen LogP contribution in [0, 0.1) is 5.92 Å². The fraction of sp³-hybridized carbons (Fsp3) is 0.353. The molecule has 2 aromatic rings. The lowest BCUT2D eigenvalue weighted by Gasteiger charge is -2.23. The van der Waals surface area contributed by atoms with Crippen LogP contribution in [0.3, 0.4) is 0 Å². The van der Waals surface area contributed by atoms with Crippen molar-refractivity contribution in [2.24, 2.45) is 5.92 Å². The molecule has 0 unspecified atom stereocenters. The molecule has 0 aromatic carbocycles. The van der Waals surface area contributed by atoms with Crippen molar-refractivity contribution in [1.82, 2.24) is 15.2 Å². The molecule has 3 rings (SSSR count). The Morgan fingerprint density at radius 1 is 1.33 bits per heavy atom. The lowest BCUT2D eigenvalue weighted by molar-refractivity contribution is -0.128. The van der Waals surface area contributed by atoms with Gasteiger partial charge in [0.05, 0.1) is 12.0 Å². The van der Waals surface area contributed by atoms with Crippen molar-refractivity contribution in [1.29, 1.82) is 0 Å². The van der Waals surface area contributed by atoms with Crippen LogP contribution in [0.15, 0.2) is 41.9 Å². The van der Waals surface area contributed by atoms with Gasteiger partial charge in [-0.2, -0.15) is 0 Å². The van der Waals surface area contributed by atoms with E-state index >= 15 is 0 Å². The lowest BCUT2D eigenvalue weighted by Crippen LogP contribution is -2.36. The van der Waals surface area contributed by atoms with Crippen LogP contribution >= 0.6 is 11.3 Å². The molecule has 2 amide bonds. The maximum Gasteiger partial charge on any atom is 0.226 e. The Labute approximate surface area is 144 Å². The van der Waals surface area contributed by atoms with E-state index in [0.29, 0.717) is 13.1 Å². The largest absolute Gasteiger partial charge is 0.368 e. The molecular formula is C17H20N4O2S. The number of carbonyl (C=O) groups is 2. The number of pyridine rings is 1. The smallest absolute Gasteiger partial charge is 0.226 e. The van der Waals surface area contributed by atoms with E-state index < -0.39 is 0 Å². The zero-order chi connectivity index (χ0) is 16.9. The van der Waals surface area contributed by atoms with Crippen molar-refractivity contribution in [2.45, 2.75) is 12.5 Å². The number of anilines is 1. The topological polar surface area (TPSA) is 74.3 Å².